The molecule has 2 heterocycles. The minimum atomic E-state index is -0.634. The Morgan fingerprint density at radius 1 is 1.27 bits per heavy atom. The molecule has 2 aromatic heterocycles. The Bertz CT molecular complexity index is 803. The standard InChI is InChI=1S/C15H10ClFN4O/c16-10-1-3-13(17)12(7-10)15(22)20-11-2-4-14(19-8-11)21-6-5-18-9-21/h1-9H,(H,20,22). The number of benzene rings is 1. The Kier molecular flexibility index (Phi) is 3.84. The maximum absolute atomic E-state index is 13.6. The lowest BCUT2D eigenvalue weighted by atomic mass is 10.2. The largest absolute Gasteiger partial charge is 0.320 e. The highest BCUT2D eigenvalue weighted by molar-refractivity contribution is 6.31. The van der Waals surface area contributed by atoms with E-state index in [1.54, 1.807) is 35.4 Å². The quantitative estimate of drug-likeness (QED) is 0.806. The van der Waals surface area contributed by atoms with Gasteiger partial charge in [0.05, 0.1) is 17.4 Å². The Labute approximate surface area is 130 Å². The summed E-state index contributed by atoms with van der Waals surface area (Å²) < 4.78 is 15.4. The summed E-state index contributed by atoms with van der Waals surface area (Å²) in [5.74, 6) is -0.563. The zero-order chi connectivity index (χ0) is 15.5. The van der Waals surface area contributed by atoms with Crippen LogP contribution in [0, 0.1) is 5.82 Å². The summed E-state index contributed by atoms with van der Waals surface area (Å²) >= 11 is 5.77. The first kappa shape index (κ1) is 14.2. The molecular formula is C15H10ClFN4O. The number of nitrogens with one attached hydrogen (secondary N) is 1. The Morgan fingerprint density at radius 3 is 2.82 bits per heavy atom. The number of carbonyl (C=O) groups excluding carboxylic acids is 1. The molecule has 7 heteroatoms. The van der Waals surface area contributed by atoms with E-state index in [1.807, 2.05) is 0 Å². The lowest BCUT2D eigenvalue weighted by molar-refractivity contribution is 0.102. The van der Waals surface area contributed by atoms with Crippen molar-refractivity contribution in [3.8, 4) is 5.82 Å². The van der Waals surface area contributed by atoms with Crippen molar-refractivity contribution in [2.75, 3.05) is 5.32 Å². The molecule has 0 saturated heterocycles. The lowest BCUT2D eigenvalue weighted by Gasteiger charge is -2.07. The fraction of sp³-hybridized carbons (Fsp3) is 0. The molecule has 0 radical (unpaired) electrons. The predicted molar refractivity (Wildman–Crippen MR) is 80.7 cm³/mol. The molecule has 5 nitrogen and oxygen atoms in total. The zero-order valence-electron chi connectivity index (χ0n) is 11.2. The fourth-order valence-corrected chi connectivity index (χ4v) is 2.05. The van der Waals surface area contributed by atoms with Gasteiger partial charge in [-0.1, -0.05) is 11.6 Å². The molecule has 3 aromatic rings. The summed E-state index contributed by atoms with van der Waals surface area (Å²) in [5, 5.41) is 2.87. The van der Waals surface area contributed by atoms with Crippen LogP contribution in [0.3, 0.4) is 0 Å². The number of hydrogen-bond acceptors (Lipinski definition) is 3. The highest BCUT2D eigenvalue weighted by Gasteiger charge is 2.12. The van der Waals surface area contributed by atoms with Gasteiger partial charge in [-0.05, 0) is 30.3 Å². The first-order valence-corrected chi connectivity index (χ1v) is 6.72. The molecule has 110 valence electrons. The number of hydrogen-bond donors (Lipinski definition) is 1. The summed E-state index contributed by atoms with van der Waals surface area (Å²) in [5.41, 5.74) is 0.333. The van der Waals surface area contributed by atoms with Gasteiger partial charge in [-0.3, -0.25) is 9.36 Å². The number of anilines is 1. The van der Waals surface area contributed by atoms with E-state index in [-0.39, 0.29) is 5.56 Å². The molecule has 0 aliphatic carbocycles. The second-order valence-electron chi connectivity index (χ2n) is 4.45. The number of pyridine rings is 1. The summed E-state index contributed by atoms with van der Waals surface area (Å²) in [7, 11) is 0. The van der Waals surface area contributed by atoms with E-state index in [4.69, 9.17) is 11.6 Å². The summed E-state index contributed by atoms with van der Waals surface area (Å²) in [6.45, 7) is 0. The number of rotatable bonds is 3. The van der Waals surface area contributed by atoms with Crippen molar-refractivity contribution in [3.63, 3.8) is 0 Å². The van der Waals surface area contributed by atoms with Gasteiger partial charge in [-0.2, -0.15) is 0 Å². The van der Waals surface area contributed by atoms with Gasteiger partial charge in [0.2, 0.25) is 0 Å². The van der Waals surface area contributed by atoms with Crippen LogP contribution in [0.1, 0.15) is 10.4 Å². The van der Waals surface area contributed by atoms with Gasteiger partial charge in [0.1, 0.15) is 18.0 Å². The summed E-state index contributed by atoms with van der Waals surface area (Å²) in [6.07, 6.45) is 6.48. The zero-order valence-corrected chi connectivity index (χ0v) is 12.0. The van der Waals surface area contributed by atoms with Crippen LogP contribution in [0.4, 0.5) is 10.1 Å². The molecule has 0 saturated carbocycles. The number of halogens is 2. The fourth-order valence-electron chi connectivity index (χ4n) is 1.88. The van der Waals surface area contributed by atoms with Crippen molar-refractivity contribution >= 4 is 23.2 Å². The van der Waals surface area contributed by atoms with E-state index in [1.165, 1.54) is 18.3 Å². The third kappa shape index (κ3) is 2.96. The number of carbonyl (C=O) groups is 1. The van der Waals surface area contributed by atoms with Gasteiger partial charge >= 0.3 is 0 Å². The van der Waals surface area contributed by atoms with Crippen molar-refractivity contribution in [3.05, 3.63) is 71.7 Å². The molecule has 0 aliphatic heterocycles. The van der Waals surface area contributed by atoms with Crippen LogP contribution in [0.5, 0.6) is 0 Å². The smallest absolute Gasteiger partial charge is 0.258 e. The molecule has 0 atom stereocenters. The molecule has 3 rings (SSSR count). The number of imidazole rings is 1. The van der Waals surface area contributed by atoms with Crippen LogP contribution in [-0.2, 0) is 0 Å². The van der Waals surface area contributed by atoms with E-state index in [0.29, 0.717) is 16.5 Å². The van der Waals surface area contributed by atoms with E-state index in [0.717, 1.165) is 6.07 Å². The van der Waals surface area contributed by atoms with Crippen molar-refractivity contribution in [2.24, 2.45) is 0 Å². The van der Waals surface area contributed by atoms with Crippen LogP contribution in [0.15, 0.2) is 55.2 Å². The van der Waals surface area contributed by atoms with Gasteiger partial charge in [0.15, 0.2) is 0 Å². The van der Waals surface area contributed by atoms with E-state index in [2.05, 4.69) is 15.3 Å². The van der Waals surface area contributed by atoms with Crippen molar-refractivity contribution < 1.29 is 9.18 Å². The lowest BCUT2D eigenvalue weighted by Crippen LogP contribution is -2.14. The number of nitrogens with zero attached hydrogens (tertiary/aromatic N) is 3. The summed E-state index contributed by atoms with van der Waals surface area (Å²) in [4.78, 5) is 20.2. The van der Waals surface area contributed by atoms with Gasteiger partial charge in [0, 0.05) is 17.4 Å². The van der Waals surface area contributed by atoms with Crippen LogP contribution in [0.2, 0.25) is 5.02 Å². The number of aromatic nitrogens is 3. The third-order valence-corrected chi connectivity index (χ3v) is 3.18. The second kappa shape index (κ2) is 5.95. The van der Waals surface area contributed by atoms with Crippen LogP contribution >= 0.6 is 11.6 Å². The Balaban J connectivity index is 1.78. The van der Waals surface area contributed by atoms with Gasteiger partial charge in [0.25, 0.3) is 5.91 Å². The van der Waals surface area contributed by atoms with E-state index >= 15 is 0 Å². The molecule has 1 amide bonds. The molecule has 0 bridgehead atoms. The van der Waals surface area contributed by atoms with Crippen LogP contribution < -0.4 is 5.32 Å². The Hall–Kier alpha value is -2.73. The molecular weight excluding hydrogens is 307 g/mol. The normalized spacial score (nSPS) is 10.5. The average molecular weight is 317 g/mol. The second-order valence-corrected chi connectivity index (χ2v) is 4.89. The van der Waals surface area contributed by atoms with Gasteiger partial charge in [-0.15, -0.1) is 0 Å². The van der Waals surface area contributed by atoms with Gasteiger partial charge < -0.3 is 5.32 Å². The predicted octanol–water partition coefficient (Wildman–Crippen LogP) is 3.31. The first-order chi connectivity index (χ1) is 10.6. The molecule has 0 fully saturated rings. The minimum Gasteiger partial charge on any atom is -0.320 e. The van der Waals surface area contributed by atoms with E-state index in [9.17, 15) is 9.18 Å². The van der Waals surface area contributed by atoms with Gasteiger partial charge in [-0.25, -0.2) is 14.4 Å². The highest BCUT2D eigenvalue weighted by Crippen LogP contribution is 2.17. The van der Waals surface area contributed by atoms with Crippen molar-refractivity contribution in [1.29, 1.82) is 0 Å². The van der Waals surface area contributed by atoms with Crippen LogP contribution in [-0.4, -0.2) is 20.4 Å². The van der Waals surface area contributed by atoms with Crippen molar-refractivity contribution in [2.45, 2.75) is 0 Å². The topological polar surface area (TPSA) is 59.8 Å². The van der Waals surface area contributed by atoms with E-state index < -0.39 is 11.7 Å². The highest BCUT2D eigenvalue weighted by atomic mass is 35.5. The molecule has 22 heavy (non-hydrogen) atoms. The average Bonchev–Trinajstić information content (AvgIpc) is 3.05. The maximum Gasteiger partial charge on any atom is 0.258 e. The first-order valence-electron chi connectivity index (χ1n) is 6.34. The molecule has 0 aliphatic rings. The molecule has 1 N–H and O–H groups in total. The minimum absolute atomic E-state index is 0.119. The SMILES string of the molecule is O=C(Nc1ccc(-n2ccnc2)nc1)c1cc(Cl)ccc1F. The maximum atomic E-state index is 13.6. The van der Waals surface area contributed by atoms with Crippen LogP contribution in [0.25, 0.3) is 5.82 Å². The monoisotopic (exact) mass is 316 g/mol. The molecule has 0 unspecified atom stereocenters. The molecule has 1 aromatic carbocycles. The number of amides is 1. The van der Waals surface area contributed by atoms with Crippen molar-refractivity contribution in [1.82, 2.24) is 14.5 Å². The Morgan fingerprint density at radius 2 is 2.14 bits per heavy atom. The molecule has 0 spiro atoms. The summed E-state index contributed by atoms with van der Waals surface area (Å²) in [6, 6.07) is 7.20. The third-order valence-electron chi connectivity index (χ3n) is 2.95.